The normalized spacial score (nSPS) is 19.2. The molecule has 10 heteroatoms. The Balaban J connectivity index is 1.65. The van der Waals surface area contributed by atoms with Crippen LogP contribution in [-0.4, -0.2) is 33.5 Å². The number of ether oxygens (including phenoxy) is 2. The summed E-state index contributed by atoms with van der Waals surface area (Å²) in [5.41, 5.74) is 5.17. The Labute approximate surface area is 184 Å². The van der Waals surface area contributed by atoms with Gasteiger partial charge in [-0.3, -0.25) is 19.4 Å². The van der Waals surface area contributed by atoms with Crippen molar-refractivity contribution in [1.29, 1.82) is 0 Å². The number of aromatic nitrogens is 2. The molecule has 170 valence electrons. The highest BCUT2D eigenvalue weighted by Gasteiger charge is 2.31. The summed E-state index contributed by atoms with van der Waals surface area (Å²) in [4.78, 5) is 39.9. The van der Waals surface area contributed by atoms with Crippen molar-refractivity contribution in [2.24, 2.45) is 0 Å². The molecule has 2 fully saturated rings. The molecule has 0 spiro atoms. The van der Waals surface area contributed by atoms with Crippen molar-refractivity contribution in [3.8, 4) is 0 Å². The Morgan fingerprint density at radius 2 is 2.00 bits per heavy atom. The third-order valence-electron chi connectivity index (χ3n) is 5.50. The van der Waals surface area contributed by atoms with Crippen molar-refractivity contribution in [1.82, 2.24) is 20.0 Å². The van der Waals surface area contributed by atoms with Gasteiger partial charge in [0.1, 0.15) is 10.4 Å². The maximum Gasteiger partial charge on any atom is 0.422 e. The highest BCUT2D eigenvalue weighted by molar-refractivity contribution is 7.18. The van der Waals surface area contributed by atoms with Crippen molar-refractivity contribution in [2.45, 2.75) is 84.2 Å². The van der Waals surface area contributed by atoms with E-state index in [1.165, 1.54) is 15.9 Å². The fourth-order valence-electron chi connectivity index (χ4n) is 3.89. The number of carbonyl (C=O) groups is 1. The zero-order valence-electron chi connectivity index (χ0n) is 18.4. The minimum Gasteiger partial charge on any atom is -0.443 e. The Kier molecular flexibility index (Phi) is 5.97. The van der Waals surface area contributed by atoms with E-state index in [-0.39, 0.29) is 23.4 Å². The van der Waals surface area contributed by atoms with Crippen LogP contribution in [0.2, 0.25) is 0 Å². The van der Waals surface area contributed by atoms with Gasteiger partial charge in [-0.05, 0) is 58.9 Å². The van der Waals surface area contributed by atoms with Crippen LogP contribution in [-0.2, 0) is 22.6 Å². The van der Waals surface area contributed by atoms with E-state index >= 15 is 0 Å². The van der Waals surface area contributed by atoms with Crippen molar-refractivity contribution in [3.05, 3.63) is 31.3 Å². The van der Waals surface area contributed by atoms with Gasteiger partial charge < -0.3 is 9.47 Å². The lowest BCUT2D eigenvalue weighted by Crippen LogP contribution is -2.41. The largest absolute Gasteiger partial charge is 0.443 e. The Bertz CT molecular complexity index is 1100. The van der Waals surface area contributed by atoms with Crippen molar-refractivity contribution < 1.29 is 14.3 Å². The number of aryl methyl sites for hydroxylation is 1. The molecule has 0 bridgehead atoms. The van der Waals surface area contributed by atoms with Crippen LogP contribution in [0.15, 0.2) is 9.59 Å². The lowest BCUT2D eigenvalue weighted by Gasteiger charge is -2.19. The molecule has 9 nitrogen and oxygen atoms in total. The molecule has 0 aromatic carbocycles. The van der Waals surface area contributed by atoms with Crippen LogP contribution < -0.4 is 22.1 Å². The number of hydrazine groups is 1. The second-order valence-corrected chi connectivity index (χ2v) is 10.3. The fourth-order valence-corrected chi connectivity index (χ4v) is 5.13. The number of amides is 1. The van der Waals surface area contributed by atoms with E-state index in [1.807, 2.05) is 6.92 Å². The van der Waals surface area contributed by atoms with Crippen molar-refractivity contribution in [3.63, 3.8) is 0 Å². The van der Waals surface area contributed by atoms with Crippen LogP contribution in [0.5, 0.6) is 0 Å². The lowest BCUT2D eigenvalue weighted by molar-refractivity contribution is 0.0497. The Hall–Kier alpha value is -2.17. The Morgan fingerprint density at radius 1 is 1.26 bits per heavy atom. The molecule has 2 aromatic rings. The van der Waals surface area contributed by atoms with Gasteiger partial charge in [-0.1, -0.05) is 0 Å². The third kappa shape index (κ3) is 4.70. The second-order valence-electron chi connectivity index (χ2n) is 9.25. The van der Waals surface area contributed by atoms with Gasteiger partial charge in [0.05, 0.1) is 18.0 Å². The number of rotatable bonds is 6. The first-order chi connectivity index (χ1) is 14.7. The van der Waals surface area contributed by atoms with Gasteiger partial charge in [0.25, 0.3) is 5.56 Å². The average molecular weight is 451 g/mol. The number of thiophene rings is 1. The molecular weight excluding hydrogens is 420 g/mol. The molecule has 1 aliphatic carbocycles. The molecule has 2 N–H and O–H groups in total. The maximum atomic E-state index is 13.2. The molecule has 1 saturated carbocycles. The standard InChI is InChI=1S/C21H30N4O5S/c1-12-15(10-22-23-19(27)30-21(2,3)4)31-18-16(12)17(26)25(13-7-8-13)20(28)24(18)11-14-6-5-9-29-14/h13-14,22H,5-11H2,1-4H3,(H,23,27)/t14-/m0/s1. The average Bonchev–Trinajstić information content (AvgIpc) is 3.25. The van der Waals surface area contributed by atoms with Crippen LogP contribution in [0.3, 0.4) is 0 Å². The molecule has 2 aliphatic rings. The van der Waals surface area contributed by atoms with E-state index in [2.05, 4.69) is 10.9 Å². The molecule has 1 saturated heterocycles. The lowest BCUT2D eigenvalue weighted by atomic mass is 10.2. The van der Waals surface area contributed by atoms with Gasteiger partial charge in [-0.15, -0.1) is 11.3 Å². The molecule has 0 radical (unpaired) electrons. The summed E-state index contributed by atoms with van der Waals surface area (Å²) in [6, 6.07) is -0.00476. The van der Waals surface area contributed by atoms with Gasteiger partial charge in [-0.2, -0.15) is 0 Å². The monoisotopic (exact) mass is 450 g/mol. The molecular formula is C21H30N4O5S. The molecule has 0 unspecified atom stereocenters. The summed E-state index contributed by atoms with van der Waals surface area (Å²) >= 11 is 1.41. The number of hydrogen-bond acceptors (Lipinski definition) is 7. The first-order valence-electron chi connectivity index (χ1n) is 10.8. The fraction of sp³-hybridized carbons (Fsp3) is 0.667. The van der Waals surface area contributed by atoms with Crippen LogP contribution >= 0.6 is 11.3 Å². The molecule has 3 heterocycles. The molecule has 31 heavy (non-hydrogen) atoms. The number of hydrogen-bond donors (Lipinski definition) is 2. The predicted molar refractivity (Wildman–Crippen MR) is 119 cm³/mol. The van der Waals surface area contributed by atoms with Gasteiger partial charge in [0.15, 0.2) is 0 Å². The van der Waals surface area contributed by atoms with Crippen molar-refractivity contribution in [2.75, 3.05) is 6.61 Å². The SMILES string of the molecule is Cc1c(CNNC(=O)OC(C)(C)C)sc2c1c(=O)n(C1CC1)c(=O)n2C[C@@H]1CCCO1. The topological polar surface area (TPSA) is 104 Å². The van der Waals surface area contributed by atoms with E-state index in [0.29, 0.717) is 29.9 Å². The number of nitrogens with one attached hydrogen (secondary N) is 2. The maximum absolute atomic E-state index is 13.2. The molecule has 1 aliphatic heterocycles. The predicted octanol–water partition coefficient (Wildman–Crippen LogP) is 2.58. The molecule has 4 rings (SSSR count). The first-order valence-corrected chi connectivity index (χ1v) is 11.6. The summed E-state index contributed by atoms with van der Waals surface area (Å²) in [5, 5.41) is 0.587. The van der Waals surface area contributed by atoms with E-state index in [4.69, 9.17) is 9.47 Å². The summed E-state index contributed by atoms with van der Waals surface area (Å²) < 4.78 is 14.1. The molecule has 2 aromatic heterocycles. The van der Waals surface area contributed by atoms with E-state index < -0.39 is 11.7 Å². The van der Waals surface area contributed by atoms with E-state index in [0.717, 1.165) is 36.1 Å². The number of fused-ring (bicyclic) bond motifs is 1. The minimum atomic E-state index is -0.592. The third-order valence-corrected chi connectivity index (χ3v) is 6.82. The van der Waals surface area contributed by atoms with Crippen LogP contribution in [0.1, 0.15) is 62.9 Å². The second kappa shape index (κ2) is 8.40. The van der Waals surface area contributed by atoms with Crippen molar-refractivity contribution >= 4 is 27.6 Å². The summed E-state index contributed by atoms with van der Waals surface area (Å²) in [7, 11) is 0. The number of nitrogens with zero attached hydrogens (tertiary/aromatic N) is 2. The molecule has 1 amide bonds. The summed E-state index contributed by atoms with van der Waals surface area (Å²) in [5.74, 6) is 0. The van der Waals surface area contributed by atoms with E-state index in [1.54, 1.807) is 25.3 Å². The van der Waals surface area contributed by atoms with Gasteiger partial charge in [0, 0.05) is 24.1 Å². The highest BCUT2D eigenvalue weighted by Crippen LogP contribution is 2.34. The zero-order chi connectivity index (χ0) is 22.3. The van der Waals surface area contributed by atoms with Crippen LogP contribution in [0, 0.1) is 6.92 Å². The van der Waals surface area contributed by atoms with Gasteiger partial charge in [-0.25, -0.2) is 15.0 Å². The highest BCUT2D eigenvalue weighted by atomic mass is 32.1. The van der Waals surface area contributed by atoms with Crippen LogP contribution in [0.25, 0.3) is 10.2 Å². The summed E-state index contributed by atoms with van der Waals surface area (Å²) in [6.07, 6.45) is 3.03. The van der Waals surface area contributed by atoms with Crippen LogP contribution in [0.4, 0.5) is 4.79 Å². The quantitative estimate of drug-likeness (QED) is 0.656. The molecule has 1 atom stereocenters. The van der Waals surface area contributed by atoms with Gasteiger partial charge in [0.2, 0.25) is 0 Å². The first kappa shape index (κ1) is 22.0. The Morgan fingerprint density at radius 3 is 2.61 bits per heavy atom. The zero-order valence-corrected chi connectivity index (χ0v) is 19.3. The van der Waals surface area contributed by atoms with E-state index in [9.17, 15) is 14.4 Å². The smallest absolute Gasteiger partial charge is 0.422 e. The number of carbonyl (C=O) groups excluding carboxylic acids is 1. The summed E-state index contributed by atoms with van der Waals surface area (Å²) in [6.45, 7) is 8.75. The minimum absolute atomic E-state index is 0.00476. The van der Waals surface area contributed by atoms with Gasteiger partial charge >= 0.3 is 11.8 Å².